The standard InChI is InChI=1S/C30H24Cl2N4O5/c31-21-9-13-23(14-10-21)34-28(37)18-40-26-7-3-1-5-20(26)17-33-36-30(39)25-6-2-4-8-27(25)41-19-29(38)35-24-15-11-22(32)12-16-24/h1-17H,18-19H2,(H,34,37)(H,35,38)(H,36,39)/b33-17+. The highest BCUT2D eigenvalue weighted by atomic mass is 35.5. The van der Waals surface area contributed by atoms with Gasteiger partial charge in [-0.05, 0) is 72.8 Å². The molecule has 0 heterocycles. The summed E-state index contributed by atoms with van der Waals surface area (Å²) in [6.45, 7) is -0.553. The van der Waals surface area contributed by atoms with Crippen LogP contribution in [0.1, 0.15) is 15.9 Å². The fraction of sp³-hybridized carbons (Fsp3) is 0.0667. The van der Waals surface area contributed by atoms with E-state index in [1.54, 1.807) is 97.1 Å². The third-order valence-corrected chi connectivity index (χ3v) is 5.90. The first-order chi connectivity index (χ1) is 19.9. The number of halogens is 2. The van der Waals surface area contributed by atoms with Crippen LogP contribution in [0.4, 0.5) is 11.4 Å². The highest BCUT2D eigenvalue weighted by Crippen LogP contribution is 2.20. The molecule has 0 spiro atoms. The molecular weight excluding hydrogens is 567 g/mol. The van der Waals surface area contributed by atoms with E-state index in [4.69, 9.17) is 32.7 Å². The van der Waals surface area contributed by atoms with E-state index in [2.05, 4.69) is 21.2 Å². The van der Waals surface area contributed by atoms with Gasteiger partial charge in [0.15, 0.2) is 13.2 Å². The van der Waals surface area contributed by atoms with Gasteiger partial charge in [0.05, 0.1) is 11.8 Å². The zero-order valence-electron chi connectivity index (χ0n) is 21.5. The van der Waals surface area contributed by atoms with Gasteiger partial charge in [-0.2, -0.15) is 5.10 Å². The minimum absolute atomic E-state index is 0.187. The molecule has 0 radical (unpaired) electrons. The molecule has 4 aromatic carbocycles. The first-order valence-electron chi connectivity index (χ1n) is 12.3. The van der Waals surface area contributed by atoms with Crippen molar-refractivity contribution in [2.75, 3.05) is 23.8 Å². The Kier molecular flexibility index (Phi) is 10.3. The SMILES string of the molecule is O=C(COc1ccccc1/C=N/NC(=O)c1ccccc1OCC(=O)Nc1ccc(Cl)cc1)Nc1ccc(Cl)cc1. The summed E-state index contributed by atoms with van der Waals surface area (Å²) in [4.78, 5) is 37.4. The number of carbonyl (C=O) groups excluding carboxylic acids is 3. The average Bonchev–Trinajstić information content (AvgIpc) is 2.98. The lowest BCUT2D eigenvalue weighted by atomic mass is 10.2. The number of hydrogen-bond acceptors (Lipinski definition) is 6. The first-order valence-corrected chi connectivity index (χ1v) is 13.0. The van der Waals surface area contributed by atoms with Crippen LogP contribution in [-0.2, 0) is 9.59 Å². The van der Waals surface area contributed by atoms with Crippen molar-refractivity contribution in [1.82, 2.24) is 5.43 Å². The second-order valence-corrected chi connectivity index (χ2v) is 9.29. The van der Waals surface area contributed by atoms with Crippen molar-refractivity contribution >= 4 is 58.5 Å². The number of anilines is 2. The maximum atomic E-state index is 12.8. The van der Waals surface area contributed by atoms with E-state index in [0.717, 1.165) is 0 Å². The summed E-state index contributed by atoms with van der Waals surface area (Å²) >= 11 is 11.7. The quantitative estimate of drug-likeness (QED) is 0.151. The molecule has 9 nitrogen and oxygen atoms in total. The van der Waals surface area contributed by atoms with Crippen LogP contribution in [0.2, 0.25) is 10.0 Å². The minimum Gasteiger partial charge on any atom is -0.483 e. The van der Waals surface area contributed by atoms with E-state index in [9.17, 15) is 14.4 Å². The molecule has 0 unspecified atom stereocenters. The van der Waals surface area contributed by atoms with Crippen molar-refractivity contribution in [1.29, 1.82) is 0 Å². The van der Waals surface area contributed by atoms with Crippen LogP contribution in [0.15, 0.2) is 102 Å². The maximum Gasteiger partial charge on any atom is 0.275 e. The number of nitrogens with zero attached hydrogens (tertiary/aromatic N) is 1. The van der Waals surface area contributed by atoms with Gasteiger partial charge in [0.1, 0.15) is 11.5 Å². The fourth-order valence-electron chi connectivity index (χ4n) is 3.47. The van der Waals surface area contributed by atoms with E-state index in [-0.39, 0.29) is 30.4 Å². The number of para-hydroxylation sites is 2. The largest absolute Gasteiger partial charge is 0.483 e. The molecule has 0 aliphatic rings. The molecule has 208 valence electrons. The van der Waals surface area contributed by atoms with Crippen LogP contribution < -0.4 is 25.5 Å². The van der Waals surface area contributed by atoms with Crippen molar-refractivity contribution in [2.24, 2.45) is 5.10 Å². The van der Waals surface area contributed by atoms with Crippen LogP contribution >= 0.6 is 23.2 Å². The zero-order chi connectivity index (χ0) is 29.0. The number of carbonyl (C=O) groups is 3. The lowest BCUT2D eigenvalue weighted by molar-refractivity contribution is -0.118. The molecule has 0 aliphatic carbocycles. The molecule has 3 N–H and O–H groups in total. The molecular formula is C30H24Cl2N4O5. The van der Waals surface area contributed by atoms with Gasteiger partial charge < -0.3 is 20.1 Å². The highest BCUT2D eigenvalue weighted by molar-refractivity contribution is 6.31. The molecule has 0 fully saturated rings. The molecule has 0 aromatic heterocycles. The Bertz CT molecular complexity index is 1540. The summed E-state index contributed by atoms with van der Waals surface area (Å²) in [5.74, 6) is -0.699. The molecule has 0 saturated heterocycles. The minimum atomic E-state index is -0.546. The normalized spacial score (nSPS) is 10.6. The molecule has 11 heteroatoms. The Morgan fingerprint density at radius 2 is 1.15 bits per heavy atom. The van der Waals surface area contributed by atoms with Crippen molar-refractivity contribution < 1.29 is 23.9 Å². The van der Waals surface area contributed by atoms with E-state index in [1.165, 1.54) is 6.21 Å². The van der Waals surface area contributed by atoms with Crippen molar-refractivity contribution in [3.05, 3.63) is 118 Å². The molecule has 0 saturated carbocycles. The van der Waals surface area contributed by atoms with E-state index in [1.807, 2.05) is 0 Å². The van der Waals surface area contributed by atoms with Gasteiger partial charge in [-0.3, -0.25) is 14.4 Å². The lowest BCUT2D eigenvalue weighted by Gasteiger charge is -2.11. The number of amides is 3. The van der Waals surface area contributed by atoms with E-state index >= 15 is 0 Å². The Labute approximate surface area is 246 Å². The van der Waals surface area contributed by atoms with E-state index < -0.39 is 11.8 Å². The maximum absolute atomic E-state index is 12.8. The molecule has 3 amide bonds. The summed E-state index contributed by atoms with van der Waals surface area (Å²) in [5.41, 5.74) is 4.32. The fourth-order valence-corrected chi connectivity index (χ4v) is 3.72. The number of rotatable bonds is 11. The van der Waals surface area contributed by atoms with Gasteiger partial charge in [0.25, 0.3) is 17.7 Å². The van der Waals surface area contributed by atoms with Crippen molar-refractivity contribution in [2.45, 2.75) is 0 Å². The highest BCUT2D eigenvalue weighted by Gasteiger charge is 2.13. The molecule has 4 aromatic rings. The topological polar surface area (TPSA) is 118 Å². The number of nitrogens with one attached hydrogen (secondary N) is 3. The van der Waals surface area contributed by atoms with Gasteiger partial charge in [-0.1, -0.05) is 47.5 Å². The van der Waals surface area contributed by atoms with Crippen molar-refractivity contribution in [3.63, 3.8) is 0 Å². The Morgan fingerprint density at radius 1 is 0.659 bits per heavy atom. The Hall–Kier alpha value is -4.86. The zero-order valence-corrected chi connectivity index (χ0v) is 23.0. The number of hydrazone groups is 1. The smallest absolute Gasteiger partial charge is 0.275 e. The molecule has 0 bridgehead atoms. The average molecular weight is 591 g/mol. The van der Waals surface area contributed by atoms with Gasteiger partial charge in [-0.25, -0.2) is 5.43 Å². The lowest BCUT2D eigenvalue weighted by Crippen LogP contribution is -2.23. The molecule has 0 aliphatic heterocycles. The molecule has 41 heavy (non-hydrogen) atoms. The summed E-state index contributed by atoms with van der Waals surface area (Å²) in [7, 11) is 0. The summed E-state index contributed by atoms with van der Waals surface area (Å²) < 4.78 is 11.2. The molecule has 4 rings (SSSR count). The van der Waals surface area contributed by atoms with Crippen LogP contribution in [0.5, 0.6) is 11.5 Å². The molecule has 0 atom stereocenters. The monoisotopic (exact) mass is 590 g/mol. The van der Waals surface area contributed by atoms with E-state index in [0.29, 0.717) is 32.7 Å². The number of ether oxygens (including phenoxy) is 2. The van der Waals surface area contributed by atoms with Crippen LogP contribution in [0.3, 0.4) is 0 Å². The van der Waals surface area contributed by atoms with Crippen molar-refractivity contribution in [3.8, 4) is 11.5 Å². The Balaban J connectivity index is 1.31. The van der Waals surface area contributed by atoms with Gasteiger partial charge in [-0.15, -0.1) is 0 Å². The predicted molar refractivity (Wildman–Crippen MR) is 159 cm³/mol. The number of hydrogen-bond donors (Lipinski definition) is 3. The van der Waals surface area contributed by atoms with Crippen LogP contribution in [0, 0.1) is 0 Å². The second kappa shape index (κ2) is 14.5. The van der Waals surface area contributed by atoms with Gasteiger partial charge >= 0.3 is 0 Å². The Morgan fingerprint density at radius 3 is 1.73 bits per heavy atom. The van der Waals surface area contributed by atoms with Crippen LogP contribution in [0.25, 0.3) is 0 Å². The summed E-state index contributed by atoms with van der Waals surface area (Å²) in [5, 5.41) is 10.5. The van der Waals surface area contributed by atoms with Gasteiger partial charge in [0.2, 0.25) is 0 Å². The first kappa shape index (κ1) is 29.1. The van der Waals surface area contributed by atoms with Crippen LogP contribution in [-0.4, -0.2) is 37.1 Å². The van der Waals surface area contributed by atoms with Gasteiger partial charge in [0, 0.05) is 27.0 Å². The third kappa shape index (κ3) is 9.10. The third-order valence-electron chi connectivity index (χ3n) is 5.39. The summed E-state index contributed by atoms with van der Waals surface area (Å²) in [6.07, 6.45) is 1.40. The number of benzene rings is 4. The second-order valence-electron chi connectivity index (χ2n) is 8.42. The predicted octanol–water partition coefficient (Wildman–Crippen LogP) is 5.79. The summed E-state index contributed by atoms with van der Waals surface area (Å²) in [6, 6.07) is 26.7.